The highest BCUT2D eigenvalue weighted by molar-refractivity contribution is 6.32. The Hall–Kier alpha value is -2.17. The Morgan fingerprint density at radius 3 is 2.94 bits per heavy atom. The number of rotatable bonds is 5. The number of aliphatic carboxylic acids is 1. The molecule has 0 saturated heterocycles. The Morgan fingerprint density at radius 1 is 1.35 bits per heavy atom. The van der Waals surface area contributed by atoms with Crippen LogP contribution in [-0.4, -0.2) is 26.2 Å². The molecule has 17 heavy (non-hydrogen) atoms. The van der Waals surface area contributed by atoms with Crippen LogP contribution in [0.5, 0.6) is 0 Å². The van der Waals surface area contributed by atoms with Gasteiger partial charge in [-0.1, -0.05) is 6.07 Å². The standard InChI is InChI=1S/C12H12N2O3/c15-10(12(16)17)5-3-4-9-8-13-11-6-1-2-7-14(9)11/h1-2,6-8H,3-5H2,(H,16,17). The number of nitrogens with zero attached hydrogens (tertiary/aromatic N) is 2. The Bertz CT molecular complexity index is 560. The average Bonchev–Trinajstić information content (AvgIpc) is 2.72. The molecule has 5 nitrogen and oxygen atoms in total. The summed E-state index contributed by atoms with van der Waals surface area (Å²) >= 11 is 0. The SMILES string of the molecule is O=C(O)C(=O)CCCc1cnc2ccccn12. The van der Waals surface area contributed by atoms with Crippen LogP contribution in [0.3, 0.4) is 0 Å². The first-order valence-corrected chi connectivity index (χ1v) is 5.35. The highest BCUT2D eigenvalue weighted by Crippen LogP contribution is 2.09. The van der Waals surface area contributed by atoms with Crippen LogP contribution in [0.15, 0.2) is 30.6 Å². The number of aryl methyl sites for hydroxylation is 1. The van der Waals surface area contributed by atoms with Crippen LogP contribution in [0.1, 0.15) is 18.5 Å². The van der Waals surface area contributed by atoms with E-state index in [1.165, 1.54) is 0 Å². The van der Waals surface area contributed by atoms with Gasteiger partial charge in [-0.15, -0.1) is 0 Å². The molecule has 0 unspecified atom stereocenters. The van der Waals surface area contributed by atoms with Crippen molar-refractivity contribution in [3.8, 4) is 0 Å². The van der Waals surface area contributed by atoms with Gasteiger partial charge in [0, 0.05) is 24.5 Å². The lowest BCUT2D eigenvalue weighted by Crippen LogP contribution is -2.12. The minimum atomic E-state index is -1.36. The molecule has 0 spiro atoms. The summed E-state index contributed by atoms with van der Waals surface area (Å²) in [5.74, 6) is -2.10. The van der Waals surface area contributed by atoms with E-state index in [2.05, 4.69) is 4.98 Å². The fourth-order valence-electron chi connectivity index (χ4n) is 1.71. The van der Waals surface area contributed by atoms with Crippen LogP contribution >= 0.6 is 0 Å². The highest BCUT2D eigenvalue weighted by atomic mass is 16.4. The Labute approximate surface area is 97.7 Å². The quantitative estimate of drug-likeness (QED) is 0.789. The molecule has 0 aliphatic rings. The molecule has 2 aromatic heterocycles. The summed E-state index contributed by atoms with van der Waals surface area (Å²) in [5.41, 5.74) is 1.84. The van der Waals surface area contributed by atoms with Gasteiger partial charge in [0.05, 0.1) is 0 Å². The van der Waals surface area contributed by atoms with E-state index in [9.17, 15) is 9.59 Å². The Balaban J connectivity index is 2.00. The maximum Gasteiger partial charge on any atom is 0.372 e. The molecule has 88 valence electrons. The van der Waals surface area contributed by atoms with Gasteiger partial charge in [-0.3, -0.25) is 4.79 Å². The zero-order chi connectivity index (χ0) is 12.3. The first-order chi connectivity index (χ1) is 8.18. The lowest BCUT2D eigenvalue weighted by molar-refractivity contribution is -0.149. The monoisotopic (exact) mass is 232 g/mol. The molecule has 0 fully saturated rings. The molecule has 0 bridgehead atoms. The third-order valence-electron chi connectivity index (χ3n) is 2.57. The van der Waals surface area contributed by atoms with Crippen LogP contribution in [0.25, 0.3) is 5.65 Å². The normalized spacial score (nSPS) is 10.6. The highest BCUT2D eigenvalue weighted by Gasteiger charge is 2.11. The van der Waals surface area contributed by atoms with Crippen LogP contribution in [0, 0.1) is 0 Å². The van der Waals surface area contributed by atoms with Crippen molar-refractivity contribution in [1.82, 2.24) is 9.38 Å². The number of fused-ring (bicyclic) bond motifs is 1. The van der Waals surface area contributed by atoms with E-state index in [1.54, 1.807) is 6.20 Å². The third kappa shape index (κ3) is 2.50. The van der Waals surface area contributed by atoms with Gasteiger partial charge in [0.25, 0.3) is 0 Å². The minimum absolute atomic E-state index is 0.0649. The van der Waals surface area contributed by atoms with E-state index in [0.717, 1.165) is 11.3 Å². The third-order valence-corrected chi connectivity index (χ3v) is 2.57. The number of pyridine rings is 1. The average molecular weight is 232 g/mol. The molecule has 0 aliphatic carbocycles. The molecule has 0 radical (unpaired) electrons. The number of carbonyl (C=O) groups excluding carboxylic acids is 1. The molecule has 0 atom stereocenters. The first kappa shape index (κ1) is 11.3. The van der Waals surface area contributed by atoms with E-state index in [4.69, 9.17) is 5.11 Å². The maximum absolute atomic E-state index is 10.9. The number of hydrogen-bond donors (Lipinski definition) is 1. The van der Waals surface area contributed by atoms with E-state index >= 15 is 0 Å². The molecular formula is C12H12N2O3. The van der Waals surface area contributed by atoms with Crippen LogP contribution in [0.2, 0.25) is 0 Å². The molecule has 1 N–H and O–H groups in total. The second-order valence-corrected chi connectivity index (χ2v) is 3.76. The largest absolute Gasteiger partial charge is 0.476 e. The number of ketones is 1. The summed E-state index contributed by atoms with van der Waals surface area (Å²) in [6.45, 7) is 0. The van der Waals surface area contributed by atoms with Gasteiger partial charge in [0.15, 0.2) is 0 Å². The topological polar surface area (TPSA) is 71.7 Å². The molecular weight excluding hydrogens is 220 g/mol. The van der Waals surface area contributed by atoms with Crippen molar-refractivity contribution in [3.63, 3.8) is 0 Å². The minimum Gasteiger partial charge on any atom is -0.476 e. The summed E-state index contributed by atoms with van der Waals surface area (Å²) in [4.78, 5) is 25.5. The molecule has 0 saturated carbocycles. The van der Waals surface area contributed by atoms with Gasteiger partial charge in [-0.25, -0.2) is 9.78 Å². The summed E-state index contributed by atoms with van der Waals surface area (Å²) in [7, 11) is 0. The maximum atomic E-state index is 10.9. The van der Waals surface area contributed by atoms with E-state index in [-0.39, 0.29) is 6.42 Å². The second-order valence-electron chi connectivity index (χ2n) is 3.76. The predicted molar refractivity (Wildman–Crippen MR) is 60.8 cm³/mol. The fourth-order valence-corrected chi connectivity index (χ4v) is 1.71. The van der Waals surface area contributed by atoms with Crippen LogP contribution in [0.4, 0.5) is 0 Å². The molecule has 5 heteroatoms. The number of hydrogen-bond acceptors (Lipinski definition) is 3. The molecule has 0 aliphatic heterocycles. The van der Waals surface area contributed by atoms with Crippen molar-refractivity contribution in [2.45, 2.75) is 19.3 Å². The zero-order valence-electron chi connectivity index (χ0n) is 9.17. The summed E-state index contributed by atoms with van der Waals surface area (Å²) < 4.78 is 1.94. The predicted octanol–water partition coefficient (Wildman–Crippen LogP) is 1.31. The summed E-state index contributed by atoms with van der Waals surface area (Å²) in [6.07, 6.45) is 4.88. The lowest BCUT2D eigenvalue weighted by Gasteiger charge is -2.00. The first-order valence-electron chi connectivity index (χ1n) is 5.35. The second kappa shape index (κ2) is 4.78. The smallest absolute Gasteiger partial charge is 0.372 e. The Kier molecular flexibility index (Phi) is 3.18. The van der Waals surface area contributed by atoms with Crippen molar-refractivity contribution in [3.05, 3.63) is 36.3 Å². The molecule has 0 amide bonds. The number of carbonyl (C=O) groups is 2. The van der Waals surface area contributed by atoms with Crippen LogP contribution in [-0.2, 0) is 16.0 Å². The van der Waals surface area contributed by atoms with Gasteiger partial charge in [-0.2, -0.15) is 0 Å². The number of aromatic nitrogens is 2. The number of imidazole rings is 1. The molecule has 0 aromatic carbocycles. The van der Waals surface area contributed by atoms with Gasteiger partial charge < -0.3 is 9.51 Å². The fraction of sp³-hybridized carbons (Fsp3) is 0.250. The summed E-state index contributed by atoms with van der Waals surface area (Å²) in [6, 6.07) is 5.70. The van der Waals surface area contributed by atoms with E-state index < -0.39 is 11.8 Å². The van der Waals surface area contributed by atoms with Crippen molar-refractivity contribution in [2.75, 3.05) is 0 Å². The van der Waals surface area contributed by atoms with Crippen molar-refractivity contribution >= 4 is 17.4 Å². The van der Waals surface area contributed by atoms with Gasteiger partial charge in [0.2, 0.25) is 5.78 Å². The van der Waals surface area contributed by atoms with Crippen molar-refractivity contribution in [1.29, 1.82) is 0 Å². The Morgan fingerprint density at radius 2 is 2.18 bits per heavy atom. The van der Waals surface area contributed by atoms with Gasteiger partial charge in [0.1, 0.15) is 5.65 Å². The van der Waals surface area contributed by atoms with E-state index in [1.807, 2.05) is 28.8 Å². The lowest BCUT2D eigenvalue weighted by atomic mass is 10.1. The molecule has 2 aromatic rings. The molecule has 2 heterocycles. The number of Topliss-reactive ketones (excluding diaryl/α,β-unsaturated/α-hetero) is 1. The number of carboxylic acid groups (broad SMARTS) is 1. The zero-order valence-corrected chi connectivity index (χ0v) is 9.17. The van der Waals surface area contributed by atoms with Crippen molar-refractivity contribution in [2.24, 2.45) is 0 Å². The summed E-state index contributed by atoms with van der Waals surface area (Å²) in [5, 5.41) is 8.44. The van der Waals surface area contributed by atoms with Crippen LogP contribution < -0.4 is 0 Å². The molecule has 2 rings (SSSR count). The van der Waals surface area contributed by atoms with Gasteiger partial charge >= 0.3 is 5.97 Å². The van der Waals surface area contributed by atoms with Crippen molar-refractivity contribution < 1.29 is 14.7 Å². The van der Waals surface area contributed by atoms with E-state index in [0.29, 0.717) is 12.8 Å². The number of carboxylic acids is 1. The van der Waals surface area contributed by atoms with Gasteiger partial charge in [-0.05, 0) is 25.0 Å².